The van der Waals surface area contributed by atoms with Crippen LogP contribution in [0.3, 0.4) is 0 Å². The number of rotatable bonds is 6. The summed E-state index contributed by atoms with van der Waals surface area (Å²) in [4.78, 5) is 0. The van der Waals surface area contributed by atoms with Crippen molar-refractivity contribution in [2.24, 2.45) is 11.1 Å². The van der Waals surface area contributed by atoms with Gasteiger partial charge in [0.1, 0.15) is 11.9 Å². The van der Waals surface area contributed by atoms with Gasteiger partial charge in [0, 0.05) is 47.3 Å². The molecule has 3 nitrogen and oxygen atoms in total. The summed E-state index contributed by atoms with van der Waals surface area (Å²) in [5.74, 6) is -1.08. The van der Waals surface area contributed by atoms with E-state index in [1.54, 1.807) is 0 Å². The number of nitrogens with zero attached hydrogens (tertiary/aromatic N) is 1. The molecule has 2 aromatic carbocycles. The van der Waals surface area contributed by atoms with Crippen LogP contribution in [0.2, 0.25) is 0 Å². The second-order valence-electron chi connectivity index (χ2n) is 8.72. The van der Waals surface area contributed by atoms with Crippen molar-refractivity contribution in [2.75, 3.05) is 13.7 Å². The minimum absolute atomic E-state index is 0.112. The molecule has 0 bridgehead atoms. The van der Waals surface area contributed by atoms with Gasteiger partial charge in [0.2, 0.25) is 0 Å². The number of fused-ring (bicyclic) bond motifs is 1. The fourth-order valence-corrected chi connectivity index (χ4v) is 3.96. The zero-order chi connectivity index (χ0) is 24.8. The van der Waals surface area contributed by atoms with E-state index in [2.05, 4.69) is 0 Å². The second kappa shape index (κ2) is 8.64. The van der Waals surface area contributed by atoms with E-state index in [-0.39, 0.29) is 35.2 Å². The number of ether oxygens (including phenoxy) is 1. The Morgan fingerprint density at radius 3 is 2.21 bits per heavy atom. The lowest BCUT2D eigenvalue weighted by molar-refractivity contribution is -0.149. The lowest BCUT2D eigenvalue weighted by atomic mass is 9.94. The van der Waals surface area contributed by atoms with Crippen molar-refractivity contribution in [2.45, 2.75) is 38.8 Å². The molecule has 0 aliphatic carbocycles. The molecule has 0 radical (unpaired) electrons. The van der Waals surface area contributed by atoms with Gasteiger partial charge < -0.3 is 15.0 Å². The number of nitrogens with two attached hydrogens (primary N) is 1. The minimum atomic E-state index is -4.79. The third kappa shape index (κ3) is 5.16. The first kappa shape index (κ1) is 25.0. The Morgan fingerprint density at radius 2 is 1.64 bits per heavy atom. The molecular formula is C23H23F7N2O. The van der Waals surface area contributed by atoms with Gasteiger partial charge in [-0.15, -0.1) is 0 Å². The summed E-state index contributed by atoms with van der Waals surface area (Å²) in [6.07, 6.45) is -8.36. The van der Waals surface area contributed by atoms with E-state index in [0.717, 1.165) is 24.3 Å². The Morgan fingerprint density at radius 1 is 1.00 bits per heavy atom. The van der Waals surface area contributed by atoms with Crippen LogP contribution in [-0.4, -0.2) is 24.5 Å². The Balaban J connectivity index is 2.30. The van der Waals surface area contributed by atoms with Crippen LogP contribution in [0.1, 0.15) is 31.0 Å². The number of aromatic nitrogens is 1. The van der Waals surface area contributed by atoms with Crippen LogP contribution >= 0.6 is 0 Å². The van der Waals surface area contributed by atoms with E-state index in [0.29, 0.717) is 0 Å². The highest BCUT2D eigenvalue weighted by atomic mass is 19.4. The SMILES string of the molecule is COCC(C)(C)Cn1cc([C@H](N)C(F)(F)F)c2cc(F)c(-c3ccccc3C(F)(F)F)cc21. The van der Waals surface area contributed by atoms with Crippen LogP contribution in [-0.2, 0) is 17.5 Å². The topological polar surface area (TPSA) is 40.2 Å². The molecule has 2 N–H and O–H groups in total. The third-order valence-electron chi connectivity index (χ3n) is 5.34. The van der Waals surface area contributed by atoms with Gasteiger partial charge in [-0.25, -0.2) is 4.39 Å². The molecule has 1 aromatic heterocycles. The zero-order valence-corrected chi connectivity index (χ0v) is 18.1. The fourth-order valence-electron chi connectivity index (χ4n) is 3.96. The predicted octanol–water partition coefficient (Wildman–Crippen LogP) is 6.70. The van der Waals surface area contributed by atoms with Crippen molar-refractivity contribution >= 4 is 10.9 Å². The highest BCUT2D eigenvalue weighted by Gasteiger charge is 2.40. The monoisotopic (exact) mass is 476 g/mol. The summed E-state index contributed by atoms with van der Waals surface area (Å²) >= 11 is 0. The average Bonchev–Trinajstić information content (AvgIpc) is 3.01. The fraction of sp³-hybridized carbons (Fsp3) is 0.391. The van der Waals surface area contributed by atoms with E-state index in [4.69, 9.17) is 10.5 Å². The summed E-state index contributed by atoms with van der Waals surface area (Å²) in [5, 5.41) is -0.112. The standard InChI is InChI=1S/C23H23F7N2O/c1-21(2,12-33-3)11-32-10-16(20(31)23(28,29)30)15-8-18(24)14(9-19(15)32)13-6-4-5-7-17(13)22(25,26)27/h4-10,20H,11-12,31H2,1-3H3/t20-/m0/s1. The first-order valence-corrected chi connectivity index (χ1v) is 9.96. The maximum Gasteiger partial charge on any atom is 0.417 e. The lowest BCUT2D eigenvalue weighted by Crippen LogP contribution is -2.28. The van der Waals surface area contributed by atoms with E-state index in [1.165, 1.54) is 30.0 Å². The molecule has 0 saturated carbocycles. The Hall–Kier alpha value is -2.59. The van der Waals surface area contributed by atoms with Gasteiger partial charge in [-0.2, -0.15) is 26.3 Å². The second-order valence-corrected chi connectivity index (χ2v) is 8.72. The maximum atomic E-state index is 15.1. The van der Waals surface area contributed by atoms with Crippen molar-refractivity contribution < 1.29 is 35.5 Å². The van der Waals surface area contributed by atoms with Crippen LogP contribution in [0, 0.1) is 11.2 Å². The van der Waals surface area contributed by atoms with Gasteiger partial charge in [0.25, 0.3) is 0 Å². The summed E-state index contributed by atoms with van der Waals surface area (Å²) < 4.78 is 102. The first-order chi connectivity index (χ1) is 15.2. The van der Waals surface area contributed by atoms with Gasteiger partial charge in [0.15, 0.2) is 0 Å². The van der Waals surface area contributed by atoms with E-state index >= 15 is 4.39 Å². The minimum Gasteiger partial charge on any atom is -0.384 e. The number of benzene rings is 2. The normalized spacial score (nSPS) is 14.2. The van der Waals surface area contributed by atoms with Crippen molar-refractivity contribution in [3.05, 3.63) is 59.5 Å². The van der Waals surface area contributed by atoms with Crippen molar-refractivity contribution in [1.29, 1.82) is 0 Å². The number of alkyl halides is 6. The van der Waals surface area contributed by atoms with E-state index in [1.807, 2.05) is 13.8 Å². The Kier molecular flexibility index (Phi) is 6.56. The van der Waals surface area contributed by atoms with Gasteiger partial charge in [-0.3, -0.25) is 0 Å². The zero-order valence-electron chi connectivity index (χ0n) is 18.1. The summed E-state index contributed by atoms with van der Waals surface area (Å²) in [6, 6.07) is 4.03. The molecular weight excluding hydrogens is 453 g/mol. The predicted molar refractivity (Wildman–Crippen MR) is 111 cm³/mol. The number of halogens is 7. The number of methoxy groups -OCH3 is 1. The van der Waals surface area contributed by atoms with E-state index in [9.17, 15) is 26.3 Å². The largest absolute Gasteiger partial charge is 0.417 e. The quantitative estimate of drug-likeness (QED) is 0.402. The molecule has 33 heavy (non-hydrogen) atoms. The van der Waals surface area contributed by atoms with Gasteiger partial charge in [0.05, 0.1) is 12.2 Å². The van der Waals surface area contributed by atoms with Gasteiger partial charge >= 0.3 is 12.4 Å². The third-order valence-corrected chi connectivity index (χ3v) is 5.34. The number of hydrogen-bond acceptors (Lipinski definition) is 2. The number of hydrogen-bond donors (Lipinski definition) is 1. The molecule has 3 rings (SSSR count). The van der Waals surface area contributed by atoms with Crippen molar-refractivity contribution in [1.82, 2.24) is 4.57 Å². The van der Waals surface area contributed by atoms with Crippen LogP contribution < -0.4 is 5.73 Å². The molecule has 1 heterocycles. The molecule has 0 aliphatic heterocycles. The highest BCUT2D eigenvalue weighted by molar-refractivity contribution is 5.89. The Labute approximate surface area is 185 Å². The molecule has 0 amide bonds. The van der Waals surface area contributed by atoms with Crippen LogP contribution in [0.25, 0.3) is 22.0 Å². The summed E-state index contributed by atoms with van der Waals surface area (Å²) in [7, 11) is 1.47. The summed E-state index contributed by atoms with van der Waals surface area (Å²) in [5.41, 5.74) is 2.83. The molecule has 3 aromatic rings. The van der Waals surface area contributed by atoms with Crippen LogP contribution in [0.5, 0.6) is 0 Å². The van der Waals surface area contributed by atoms with Crippen molar-refractivity contribution in [3.63, 3.8) is 0 Å². The average molecular weight is 476 g/mol. The molecule has 0 unspecified atom stereocenters. The van der Waals surface area contributed by atoms with Gasteiger partial charge in [-0.1, -0.05) is 32.0 Å². The molecule has 1 atom stereocenters. The molecule has 0 fully saturated rings. The summed E-state index contributed by atoms with van der Waals surface area (Å²) in [6.45, 7) is 4.05. The molecule has 10 heteroatoms. The van der Waals surface area contributed by atoms with Gasteiger partial charge in [-0.05, 0) is 23.8 Å². The molecule has 0 spiro atoms. The maximum absolute atomic E-state index is 15.1. The Bertz CT molecular complexity index is 1150. The van der Waals surface area contributed by atoms with Crippen LogP contribution in [0.4, 0.5) is 30.7 Å². The van der Waals surface area contributed by atoms with Crippen molar-refractivity contribution in [3.8, 4) is 11.1 Å². The smallest absolute Gasteiger partial charge is 0.384 e. The molecule has 0 aliphatic rings. The molecule has 0 saturated heterocycles. The highest BCUT2D eigenvalue weighted by Crippen LogP contribution is 2.42. The molecule has 180 valence electrons. The first-order valence-electron chi connectivity index (χ1n) is 9.96. The van der Waals surface area contributed by atoms with Crippen LogP contribution in [0.15, 0.2) is 42.6 Å². The van der Waals surface area contributed by atoms with E-state index < -0.39 is 40.8 Å². The lowest BCUT2D eigenvalue weighted by Gasteiger charge is -2.25.